The van der Waals surface area contributed by atoms with E-state index in [0.29, 0.717) is 6.61 Å². The molecule has 0 spiro atoms. The number of hydrogen-bond donors (Lipinski definition) is 0. The number of ether oxygens (including phenoxy) is 1. The molecule has 0 N–H and O–H groups in total. The van der Waals surface area contributed by atoms with E-state index >= 15 is 0 Å². The zero-order chi connectivity index (χ0) is 16.0. The summed E-state index contributed by atoms with van der Waals surface area (Å²) in [6.45, 7) is 9.96. The molecule has 0 unspecified atom stereocenters. The number of benzene rings is 2. The summed E-state index contributed by atoms with van der Waals surface area (Å²) < 4.78 is 5.96. The molecule has 0 radical (unpaired) electrons. The molecule has 0 saturated carbocycles. The first-order valence-corrected chi connectivity index (χ1v) is 11.0. The van der Waals surface area contributed by atoms with E-state index < -0.39 is 8.07 Å². The van der Waals surface area contributed by atoms with Crippen LogP contribution in [-0.4, -0.2) is 8.07 Å². The Bertz CT molecular complexity index is 580. The van der Waals surface area contributed by atoms with Gasteiger partial charge in [-0.2, -0.15) is 0 Å². The number of hydrogen-bond acceptors (Lipinski definition) is 1. The third kappa shape index (κ3) is 3.61. The quantitative estimate of drug-likeness (QED) is 0.631. The third-order valence-corrected chi connectivity index (χ3v) is 10.8. The summed E-state index contributed by atoms with van der Waals surface area (Å²) in [5.41, 5.74) is 2.62. The average molecular weight is 313 g/mol. The van der Waals surface area contributed by atoms with Gasteiger partial charge >= 0.3 is 0 Å². The van der Waals surface area contributed by atoms with Gasteiger partial charge in [0.1, 0.15) is 12.4 Å². The first-order chi connectivity index (χ1) is 10.6. The van der Waals surface area contributed by atoms with Crippen LogP contribution in [0, 0.1) is 6.92 Å². The second kappa shape index (κ2) is 7.64. The topological polar surface area (TPSA) is 9.23 Å². The van der Waals surface area contributed by atoms with Crippen LogP contribution >= 0.6 is 0 Å². The van der Waals surface area contributed by atoms with Gasteiger partial charge in [0, 0.05) is 0 Å². The van der Waals surface area contributed by atoms with Crippen molar-refractivity contribution in [3.63, 3.8) is 0 Å². The van der Waals surface area contributed by atoms with E-state index in [1.165, 1.54) is 29.3 Å². The lowest BCUT2D eigenvalue weighted by atomic mass is 10.2. The van der Waals surface area contributed by atoms with Crippen molar-refractivity contribution in [2.24, 2.45) is 0 Å². The Morgan fingerprint density at radius 3 is 2.05 bits per heavy atom. The van der Waals surface area contributed by atoms with Crippen LogP contribution in [0.15, 0.2) is 48.5 Å². The summed E-state index contributed by atoms with van der Waals surface area (Å²) in [4.78, 5) is 0. The average Bonchev–Trinajstić information content (AvgIpc) is 2.57. The maximum Gasteiger partial charge on any atom is 0.120 e. The van der Waals surface area contributed by atoms with Crippen molar-refractivity contribution in [1.29, 1.82) is 0 Å². The van der Waals surface area contributed by atoms with Crippen LogP contribution in [0.5, 0.6) is 5.75 Å². The van der Waals surface area contributed by atoms with Crippen molar-refractivity contribution in [2.75, 3.05) is 0 Å². The number of aryl methyl sites for hydroxylation is 1. The van der Waals surface area contributed by atoms with Crippen molar-refractivity contribution < 1.29 is 4.74 Å². The van der Waals surface area contributed by atoms with Gasteiger partial charge in [-0.15, -0.1) is 0 Å². The van der Waals surface area contributed by atoms with Crippen molar-refractivity contribution in [3.05, 3.63) is 59.7 Å². The van der Waals surface area contributed by atoms with Crippen molar-refractivity contribution in [2.45, 2.75) is 52.4 Å². The molecule has 2 aromatic carbocycles. The van der Waals surface area contributed by atoms with Crippen LogP contribution in [-0.2, 0) is 6.61 Å². The van der Waals surface area contributed by atoms with Gasteiger partial charge in [-0.05, 0) is 30.2 Å². The minimum absolute atomic E-state index is 0.636. The fraction of sp³-hybridized carbons (Fsp3) is 0.400. The lowest BCUT2D eigenvalue weighted by molar-refractivity contribution is 0.306. The van der Waals surface area contributed by atoms with Crippen LogP contribution < -0.4 is 9.92 Å². The molecule has 0 atom stereocenters. The molecule has 118 valence electrons. The summed E-state index contributed by atoms with van der Waals surface area (Å²) in [6, 6.07) is 21.0. The van der Waals surface area contributed by atoms with Crippen molar-refractivity contribution in [3.8, 4) is 5.75 Å². The third-order valence-electron chi connectivity index (χ3n) is 5.05. The van der Waals surface area contributed by atoms with Crippen LogP contribution in [0.2, 0.25) is 18.1 Å². The molecular formula is C20H28OSi. The molecule has 0 aliphatic heterocycles. The van der Waals surface area contributed by atoms with Gasteiger partial charge in [0.05, 0.1) is 8.07 Å². The van der Waals surface area contributed by atoms with E-state index in [1.54, 1.807) is 5.19 Å². The van der Waals surface area contributed by atoms with E-state index in [-0.39, 0.29) is 0 Å². The van der Waals surface area contributed by atoms with Crippen LogP contribution in [0.4, 0.5) is 0 Å². The van der Waals surface area contributed by atoms with E-state index in [4.69, 9.17) is 4.74 Å². The highest BCUT2D eigenvalue weighted by Crippen LogP contribution is 2.24. The molecule has 0 amide bonds. The largest absolute Gasteiger partial charge is 0.489 e. The highest BCUT2D eigenvalue weighted by Gasteiger charge is 2.30. The van der Waals surface area contributed by atoms with Gasteiger partial charge in [0.25, 0.3) is 0 Å². The van der Waals surface area contributed by atoms with Gasteiger partial charge in [-0.1, -0.05) is 80.5 Å². The molecule has 2 rings (SSSR count). The normalized spacial score (nSPS) is 11.5. The van der Waals surface area contributed by atoms with Gasteiger partial charge < -0.3 is 4.74 Å². The zero-order valence-electron chi connectivity index (χ0n) is 14.4. The molecule has 0 aromatic heterocycles. The lowest BCUT2D eigenvalue weighted by Gasteiger charge is -2.30. The van der Waals surface area contributed by atoms with E-state index in [2.05, 4.69) is 70.2 Å². The van der Waals surface area contributed by atoms with Gasteiger partial charge in [0.15, 0.2) is 0 Å². The Balaban J connectivity index is 2.16. The summed E-state index contributed by atoms with van der Waals surface area (Å²) >= 11 is 0. The lowest BCUT2D eigenvalue weighted by Crippen LogP contribution is -2.47. The van der Waals surface area contributed by atoms with Gasteiger partial charge in [-0.25, -0.2) is 0 Å². The molecular weight excluding hydrogens is 284 g/mol. The standard InChI is InChI=1S/C20H28OSi/c1-5-22(6-2,7-3)20-14-13-19(15-17(20)4)21-16-18-11-9-8-10-12-18/h8-15H,5-7,16H2,1-4H3. The molecule has 0 bridgehead atoms. The van der Waals surface area contributed by atoms with E-state index in [9.17, 15) is 0 Å². The first-order valence-electron chi connectivity index (χ1n) is 8.43. The smallest absolute Gasteiger partial charge is 0.120 e. The summed E-state index contributed by atoms with van der Waals surface area (Å²) in [7, 11) is -1.30. The highest BCUT2D eigenvalue weighted by atomic mass is 28.3. The first kappa shape index (κ1) is 16.8. The molecule has 0 fully saturated rings. The second-order valence-corrected chi connectivity index (χ2v) is 11.3. The predicted molar refractivity (Wildman–Crippen MR) is 98.8 cm³/mol. The molecule has 2 heteroatoms. The fourth-order valence-corrected chi connectivity index (χ4v) is 7.37. The fourth-order valence-electron chi connectivity index (χ4n) is 3.38. The second-order valence-electron chi connectivity index (χ2n) is 6.09. The Morgan fingerprint density at radius 1 is 0.864 bits per heavy atom. The van der Waals surface area contributed by atoms with Crippen LogP contribution in [0.3, 0.4) is 0 Å². The Hall–Kier alpha value is -1.54. The van der Waals surface area contributed by atoms with Gasteiger partial charge in [-0.3, -0.25) is 0 Å². The maximum atomic E-state index is 5.96. The maximum absolute atomic E-state index is 5.96. The van der Waals surface area contributed by atoms with Gasteiger partial charge in [0.2, 0.25) is 0 Å². The Labute approximate surface area is 136 Å². The minimum Gasteiger partial charge on any atom is -0.489 e. The molecule has 22 heavy (non-hydrogen) atoms. The SMILES string of the molecule is CC[Si](CC)(CC)c1ccc(OCc2ccccc2)cc1C. The molecule has 0 aliphatic rings. The molecule has 0 aliphatic carbocycles. The van der Waals surface area contributed by atoms with E-state index in [1.807, 2.05) is 6.07 Å². The summed E-state index contributed by atoms with van der Waals surface area (Å²) in [5, 5.41) is 1.62. The number of rotatable bonds is 7. The van der Waals surface area contributed by atoms with E-state index in [0.717, 1.165) is 5.75 Å². The van der Waals surface area contributed by atoms with Crippen molar-refractivity contribution >= 4 is 13.3 Å². The summed E-state index contributed by atoms with van der Waals surface area (Å²) in [6.07, 6.45) is 0. The predicted octanol–water partition coefficient (Wildman–Crippen LogP) is 5.29. The zero-order valence-corrected chi connectivity index (χ0v) is 15.4. The van der Waals surface area contributed by atoms with Crippen LogP contribution in [0.25, 0.3) is 0 Å². The van der Waals surface area contributed by atoms with Crippen molar-refractivity contribution in [1.82, 2.24) is 0 Å². The molecule has 0 heterocycles. The molecule has 2 aromatic rings. The monoisotopic (exact) mass is 312 g/mol. The van der Waals surface area contributed by atoms with Crippen LogP contribution in [0.1, 0.15) is 31.9 Å². The molecule has 1 nitrogen and oxygen atoms in total. The highest BCUT2D eigenvalue weighted by molar-refractivity contribution is 6.92. The summed E-state index contributed by atoms with van der Waals surface area (Å²) in [5.74, 6) is 0.983. The molecule has 0 saturated heterocycles. The minimum atomic E-state index is -1.30. The Kier molecular flexibility index (Phi) is 5.84. The Morgan fingerprint density at radius 2 is 1.50 bits per heavy atom.